The fourth-order valence-corrected chi connectivity index (χ4v) is 5.89. The van der Waals surface area contributed by atoms with E-state index in [4.69, 9.17) is 4.42 Å². The zero-order valence-electron chi connectivity index (χ0n) is 17.2. The maximum atomic E-state index is 13.1. The van der Waals surface area contributed by atoms with Crippen LogP contribution >= 0.6 is 0 Å². The second kappa shape index (κ2) is 7.29. The van der Waals surface area contributed by atoms with Crippen LogP contribution in [0.5, 0.6) is 0 Å². The van der Waals surface area contributed by atoms with E-state index < -0.39 is 10.0 Å². The molecule has 1 aromatic carbocycles. The minimum atomic E-state index is -3.24. The molecule has 3 heterocycles. The zero-order chi connectivity index (χ0) is 20.8. The van der Waals surface area contributed by atoms with Gasteiger partial charge in [-0.15, -0.1) is 0 Å². The molecule has 0 aliphatic carbocycles. The van der Waals surface area contributed by atoms with Crippen LogP contribution in [0.1, 0.15) is 33.9 Å². The van der Waals surface area contributed by atoms with E-state index in [1.165, 1.54) is 11.8 Å². The topological polar surface area (TPSA) is 70.8 Å². The maximum Gasteiger partial charge on any atom is 0.257 e. The quantitative estimate of drug-likeness (QED) is 0.751. The van der Waals surface area contributed by atoms with Crippen LogP contribution in [0.4, 0.5) is 0 Å². The summed E-state index contributed by atoms with van der Waals surface area (Å²) in [6, 6.07) is 12.0. The fraction of sp³-hybridized carbons (Fsp3) is 0.500. The Morgan fingerprint density at radius 3 is 2.52 bits per heavy atom. The summed E-state index contributed by atoms with van der Waals surface area (Å²) in [5.74, 6) is 1.50. The van der Waals surface area contributed by atoms with Crippen molar-refractivity contribution in [3.63, 3.8) is 0 Å². The molecule has 0 radical (unpaired) electrons. The minimum absolute atomic E-state index is 0.0151. The Balaban J connectivity index is 1.57. The summed E-state index contributed by atoms with van der Waals surface area (Å²) in [6.45, 7) is 5.79. The number of aryl methyl sites for hydroxylation is 3. The lowest BCUT2D eigenvalue weighted by molar-refractivity contribution is 0.0762. The van der Waals surface area contributed by atoms with Gasteiger partial charge >= 0.3 is 0 Å². The van der Waals surface area contributed by atoms with E-state index in [2.05, 4.69) is 12.1 Å². The van der Waals surface area contributed by atoms with Gasteiger partial charge in [0.25, 0.3) is 5.91 Å². The molecule has 0 saturated carbocycles. The third kappa shape index (κ3) is 3.85. The van der Waals surface area contributed by atoms with E-state index in [1.807, 2.05) is 36.9 Å². The molecule has 0 bridgehead atoms. The summed E-state index contributed by atoms with van der Waals surface area (Å²) in [6.07, 6.45) is 3.02. The minimum Gasteiger partial charge on any atom is -0.466 e. The second-order valence-corrected chi connectivity index (χ2v) is 10.6. The van der Waals surface area contributed by atoms with Crippen LogP contribution in [0.2, 0.25) is 0 Å². The fourth-order valence-electron chi connectivity index (χ4n) is 4.95. The molecule has 29 heavy (non-hydrogen) atoms. The molecule has 6 nitrogen and oxygen atoms in total. The molecule has 7 heteroatoms. The van der Waals surface area contributed by atoms with Crippen molar-refractivity contribution in [2.45, 2.75) is 26.7 Å². The van der Waals surface area contributed by atoms with Crippen molar-refractivity contribution in [1.29, 1.82) is 0 Å². The monoisotopic (exact) mass is 416 g/mol. The van der Waals surface area contributed by atoms with E-state index in [9.17, 15) is 13.2 Å². The predicted octanol–water partition coefficient (Wildman–Crippen LogP) is 2.86. The van der Waals surface area contributed by atoms with Gasteiger partial charge < -0.3 is 9.32 Å². The number of hydrogen-bond donors (Lipinski definition) is 0. The van der Waals surface area contributed by atoms with E-state index >= 15 is 0 Å². The lowest BCUT2D eigenvalue weighted by Crippen LogP contribution is -2.38. The summed E-state index contributed by atoms with van der Waals surface area (Å²) >= 11 is 0. The molecule has 4 rings (SSSR count). The first-order valence-electron chi connectivity index (χ1n) is 10.0. The molecule has 2 unspecified atom stereocenters. The Kier molecular flexibility index (Phi) is 5.07. The molecule has 2 atom stereocenters. The van der Waals surface area contributed by atoms with Gasteiger partial charge in [0, 0.05) is 31.6 Å². The molecule has 2 fully saturated rings. The number of amides is 1. The number of carbonyl (C=O) groups excluding carboxylic acids is 1. The number of hydrogen-bond acceptors (Lipinski definition) is 4. The van der Waals surface area contributed by atoms with Crippen molar-refractivity contribution < 1.29 is 17.6 Å². The molecule has 0 N–H and O–H groups in total. The lowest BCUT2D eigenvalue weighted by Gasteiger charge is -2.29. The van der Waals surface area contributed by atoms with Crippen molar-refractivity contribution in [2.24, 2.45) is 11.3 Å². The first kappa shape index (κ1) is 20.2. The number of benzene rings is 1. The molecule has 2 aromatic rings. The van der Waals surface area contributed by atoms with Crippen molar-refractivity contribution >= 4 is 15.9 Å². The Hall–Kier alpha value is -2.12. The molecule has 1 aromatic heterocycles. The number of rotatable bonds is 5. The summed E-state index contributed by atoms with van der Waals surface area (Å²) in [5.41, 5.74) is 1.64. The largest absolute Gasteiger partial charge is 0.466 e. The average molecular weight is 417 g/mol. The van der Waals surface area contributed by atoms with Gasteiger partial charge in [0.2, 0.25) is 10.0 Å². The molecule has 156 valence electrons. The molecule has 0 spiro atoms. The number of likely N-dealkylation sites (tertiary alicyclic amines) is 1. The number of furan rings is 1. The Morgan fingerprint density at radius 1 is 1.17 bits per heavy atom. The van der Waals surface area contributed by atoms with Gasteiger partial charge in [0.15, 0.2) is 0 Å². The molecular formula is C22H28N2O4S. The summed E-state index contributed by atoms with van der Waals surface area (Å²) in [4.78, 5) is 15.0. The lowest BCUT2D eigenvalue weighted by atomic mass is 9.76. The molecular weight excluding hydrogens is 388 g/mol. The number of nitrogens with zero attached hydrogens (tertiary/aromatic N) is 2. The maximum absolute atomic E-state index is 13.1. The van der Waals surface area contributed by atoms with Crippen LogP contribution in [0.3, 0.4) is 0 Å². The first-order chi connectivity index (χ1) is 13.7. The van der Waals surface area contributed by atoms with Gasteiger partial charge in [-0.1, -0.05) is 30.3 Å². The SMILES string of the molecule is Cc1cc(C(=O)N2CC3CN(S(C)(=O)=O)CC3(CCc3ccccc3)C2)c(C)o1. The normalized spacial score (nSPS) is 24.8. The van der Waals surface area contributed by atoms with E-state index in [-0.39, 0.29) is 17.2 Å². The molecule has 2 aliphatic heterocycles. The third-order valence-corrected chi connectivity index (χ3v) is 7.73. The Morgan fingerprint density at radius 2 is 1.90 bits per heavy atom. The number of sulfonamides is 1. The smallest absolute Gasteiger partial charge is 0.257 e. The van der Waals surface area contributed by atoms with Crippen LogP contribution in [0.15, 0.2) is 40.8 Å². The summed E-state index contributed by atoms with van der Waals surface area (Å²) in [5, 5.41) is 0. The zero-order valence-corrected chi connectivity index (χ0v) is 18.0. The van der Waals surface area contributed by atoms with Crippen LogP contribution in [0, 0.1) is 25.2 Å². The highest BCUT2D eigenvalue weighted by molar-refractivity contribution is 7.88. The predicted molar refractivity (Wildman–Crippen MR) is 111 cm³/mol. The van der Waals surface area contributed by atoms with Crippen LogP contribution < -0.4 is 0 Å². The van der Waals surface area contributed by atoms with E-state index in [1.54, 1.807) is 10.4 Å². The van der Waals surface area contributed by atoms with Gasteiger partial charge in [-0.25, -0.2) is 12.7 Å². The van der Waals surface area contributed by atoms with E-state index in [0.717, 1.165) is 18.6 Å². The number of fused-ring (bicyclic) bond motifs is 1. The summed E-state index contributed by atoms with van der Waals surface area (Å²) < 4.78 is 31.5. The van der Waals surface area contributed by atoms with Crippen LogP contribution in [0.25, 0.3) is 0 Å². The first-order valence-corrected chi connectivity index (χ1v) is 11.9. The Labute approximate surface area is 172 Å². The van der Waals surface area contributed by atoms with Gasteiger partial charge in [0.05, 0.1) is 11.8 Å². The average Bonchev–Trinajstić information content (AvgIpc) is 3.29. The second-order valence-electron chi connectivity index (χ2n) is 8.61. The summed E-state index contributed by atoms with van der Waals surface area (Å²) in [7, 11) is -3.24. The third-order valence-electron chi connectivity index (χ3n) is 6.51. The van der Waals surface area contributed by atoms with Crippen molar-refractivity contribution in [3.05, 3.63) is 59.0 Å². The van der Waals surface area contributed by atoms with Crippen molar-refractivity contribution in [1.82, 2.24) is 9.21 Å². The van der Waals surface area contributed by atoms with Crippen LogP contribution in [-0.4, -0.2) is 56.0 Å². The molecule has 2 aliphatic rings. The number of carbonyl (C=O) groups is 1. The highest BCUT2D eigenvalue weighted by atomic mass is 32.2. The molecule has 1 amide bonds. The van der Waals surface area contributed by atoms with E-state index in [0.29, 0.717) is 37.5 Å². The van der Waals surface area contributed by atoms with Gasteiger partial charge in [-0.05, 0) is 44.2 Å². The van der Waals surface area contributed by atoms with Crippen molar-refractivity contribution in [3.8, 4) is 0 Å². The standard InChI is InChI=1S/C22H28N2O4S/c1-16-11-20(17(2)28-16)21(25)23-12-19-13-24(29(3,26)27)15-22(19,14-23)10-9-18-7-5-4-6-8-18/h4-8,11,19H,9-10,12-15H2,1-3H3. The van der Waals surface area contributed by atoms with Gasteiger partial charge in [0.1, 0.15) is 11.5 Å². The van der Waals surface area contributed by atoms with Gasteiger partial charge in [-0.2, -0.15) is 0 Å². The Bertz CT molecular complexity index is 1010. The van der Waals surface area contributed by atoms with Crippen molar-refractivity contribution in [2.75, 3.05) is 32.4 Å². The highest BCUT2D eigenvalue weighted by Gasteiger charge is 2.54. The van der Waals surface area contributed by atoms with Gasteiger partial charge in [-0.3, -0.25) is 4.79 Å². The molecule has 2 saturated heterocycles. The van der Waals surface area contributed by atoms with Crippen LogP contribution in [-0.2, 0) is 16.4 Å². The highest BCUT2D eigenvalue weighted by Crippen LogP contribution is 2.47.